The van der Waals surface area contributed by atoms with Crippen LogP contribution in [0.25, 0.3) is 0 Å². The Morgan fingerprint density at radius 3 is 2.46 bits per heavy atom. The summed E-state index contributed by atoms with van der Waals surface area (Å²) in [4.78, 5) is 10.6. The smallest absolute Gasteiger partial charge is 0.285 e. The van der Waals surface area contributed by atoms with Crippen LogP contribution < -0.4 is 11.0 Å². The maximum atomic E-state index is 12.8. The van der Waals surface area contributed by atoms with Crippen LogP contribution in [0, 0.1) is 6.92 Å². The molecule has 0 aliphatic carbocycles. The molecule has 9 heteroatoms. The minimum absolute atomic E-state index is 0.0375. The lowest BCUT2D eigenvalue weighted by molar-refractivity contribution is -0.255. The fourth-order valence-corrected chi connectivity index (χ4v) is 2.32. The number of hydrazone groups is 1. The minimum Gasteiger partial charge on any atom is -0.285 e. The second kappa shape index (κ2) is 6.52. The Hall–Kier alpha value is -2.55. The van der Waals surface area contributed by atoms with Gasteiger partial charge >= 0.3 is 6.30 Å². The van der Waals surface area contributed by atoms with E-state index < -0.39 is 11.8 Å². The third-order valence-electron chi connectivity index (χ3n) is 3.56. The van der Waals surface area contributed by atoms with Gasteiger partial charge in [0.25, 0.3) is 0 Å². The van der Waals surface area contributed by atoms with Gasteiger partial charge in [0.15, 0.2) is 0 Å². The van der Waals surface area contributed by atoms with E-state index >= 15 is 0 Å². The highest BCUT2D eigenvalue weighted by Crippen LogP contribution is 2.28. The number of carbonyl (C=O) groups is 1. The van der Waals surface area contributed by atoms with Gasteiger partial charge in [0.1, 0.15) is 0 Å². The van der Waals surface area contributed by atoms with Gasteiger partial charge in [-0.1, -0.05) is 29.8 Å². The number of nitrogens with one attached hydrogen (secondary N) is 2. The maximum Gasteiger partial charge on any atom is 0.499 e. The van der Waals surface area contributed by atoms with Gasteiger partial charge in [0.2, 0.25) is 6.41 Å². The van der Waals surface area contributed by atoms with E-state index in [1.807, 2.05) is 25.1 Å². The summed E-state index contributed by atoms with van der Waals surface area (Å²) in [5, 5.41) is 5.35. The molecule has 130 valence electrons. The van der Waals surface area contributed by atoms with Gasteiger partial charge in [-0.3, -0.25) is 9.80 Å². The molecular weight excluding hydrogens is 323 g/mol. The number of carbonyl (C=O) groups excluding carboxylic acids is 1. The average Bonchev–Trinajstić information content (AvgIpc) is 2.98. The molecule has 1 heterocycles. The molecule has 1 aliphatic heterocycles. The number of rotatable bonds is 5. The summed E-state index contributed by atoms with van der Waals surface area (Å²) >= 11 is 0. The predicted octanol–water partition coefficient (Wildman–Crippen LogP) is 2.25. The van der Waals surface area contributed by atoms with Crippen molar-refractivity contribution in [2.45, 2.75) is 32.6 Å². The Balaban J connectivity index is 2.35. The second-order valence-corrected chi connectivity index (χ2v) is 5.74. The van der Waals surface area contributed by atoms with Crippen LogP contribution in [-0.2, 0) is 4.79 Å². The molecule has 0 radical (unpaired) electrons. The third-order valence-corrected chi connectivity index (χ3v) is 3.56. The summed E-state index contributed by atoms with van der Waals surface area (Å²) in [6, 6.07) is 7.32. The molecule has 1 aromatic carbocycles. The molecule has 1 amide bonds. The number of benzene rings is 1. The van der Waals surface area contributed by atoms with Crippen molar-refractivity contribution in [3.05, 3.63) is 47.8 Å². The maximum absolute atomic E-state index is 12.8. The largest absolute Gasteiger partial charge is 0.499 e. The van der Waals surface area contributed by atoms with Crippen molar-refractivity contribution in [2.24, 2.45) is 5.10 Å². The monoisotopic (exact) mass is 341 g/mol. The quantitative estimate of drug-likeness (QED) is 0.373. The number of halogens is 3. The van der Waals surface area contributed by atoms with Crippen LogP contribution in [0.5, 0.6) is 0 Å². The highest BCUT2D eigenvalue weighted by Gasteiger charge is 2.43. The number of hydrogen-bond donors (Lipinski definition) is 2. The number of hydrogen-bond acceptors (Lipinski definition) is 5. The van der Waals surface area contributed by atoms with Gasteiger partial charge in [-0.05, 0) is 20.8 Å². The molecule has 0 aromatic heterocycles. The van der Waals surface area contributed by atoms with Crippen LogP contribution in [0.4, 0.5) is 13.2 Å². The molecule has 0 saturated carbocycles. The van der Waals surface area contributed by atoms with Crippen molar-refractivity contribution in [3.63, 3.8) is 0 Å². The van der Waals surface area contributed by atoms with Crippen LogP contribution in [0.1, 0.15) is 25.0 Å². The van der Waals surface area contributed by atoms with Crippen molar-refractivity contribution < 1.29 is 18.0 Å². The molecule has 2 N–H and O–H groups in total. The molecule has 6 nitrogen and oxygen atoms in total. The number of nitrogens with zero attached hydrogens (tertiary/aromatic N) is 3. The summed E-state index contributed by atoms with van der Waals surface area (Å²) in [7, 11) is 0. The molecule has 0 saturated heterocycles. The van der Waals surface area contributed by atoms with Crippen molar-refractivity contribution >= 4 is 12.1 Å². The summed E-state index contributed by atoms with van der Waals surface area (Å²) in [5.41, 5.74) is 5.54. The Morgan fingerprint density at radius 2 is 1.92 bits per heavy atom. The van der Waals surface area contributed by atoms with E-state index in [4.69, 9.17) is 0 Å². The Morgan fingerprint density at radius 1 is 1.25 bits per heavy atom. The topological polar surface area (TPSA) is 60.0 Å². The zero-order valence-corrected chi connectivity index (χ0v) is 13.4. The molecular formula is C15H18F3N5O. The predicted molar refractivity (Wildman–Crippen MR) is 83.0 cm³/mol. The highest BCUT2D eigenvalue weighted by molar-refractivity contribution is 6.07. The van der Waals surface area contributed by atoms with Crippen LogP contribution in [-0.4, -0.2) is 34.0 Å². The van der Waals surface area contributed by atoms with Crippen molar-refractivity contribution in [2.75, 3.05) is 0 Å². The Bertz CT molecular complexity index is 669. The molecule has 0 fully saturated rings. The van der Waals surface area contributed by atoms with Gasteiger partial charge in [-0.25, -0.2) is 10.4 Å². The van der Waals surface area contributed by atoms with E-state index in [1.54, 1.807) is 19.9 Å². The van der Waals surface area contributed by atoms with E-state index in [9.17, 15) is 18.0 Å². The van der Waals surface area contributed by atoms with Gasteiger partial charge in [0, 0.05) is 18.0 Å². The third kappa shape index (κ3) is 3.67. The van der Waals surface area contributed by atoms with Crippen LogP contribution in [0.2, 0.25) is 0 Å². The van der Waals surface area contributed by atoms with Gasteiger partial charge in [-0.15, -0.1) is 18.7 Å². The van der Waals surface area contributed by atoms with E-state index in [2.05, 4.69) is 16.1 Å². The average molecular weight is 341 g/mol. The highest BCUT2D eigenvalue weighted by atomic mass is 19.4. The second-order valence-electron chi connectivity index (χ2n) is 5.74. The number of alkyl halides is 3. The number of hydrazine groups is 2. The first kappa shape index (κ1) is 17.8. The summed E-state index contributed by atoms with van der Waals surface area (Å²) in [6.07, 6.45) is -2.01. The zero-order valence-electron chi connectivity index (χ0n) is 13.4. The normalized spacial score (nSPS) is 15.8. The fourth-order valence-electron chi connectivity index (χ4n) is 2.32. The first-order chi connectivity index (χ1) is 11.2. The first-order valence-corrected chi connectivity index (χ1v) is 7.10. The summed E-state index contributed by atoms with van der Waals surface area (Å²) < 4.78 is 38.4. The van der Waals surface area contributed by atoms with Crippen molar-refractivity contribution in [3.8, 4) is 0 Å². The Labute approximate surface area is 137 Å². The van der Waals surface area contributed by atoms with Gasteiger partial charge < -0.3 is 0 Å². The van der Waals surface area contributed by atoms with E-state index in [0.29, 0.717) is 17.7 Å². The van der Waals surface area contributed by atoms with Gasteiger partial charge in [0.05, 0.1) is 11.3 Å². The standard InChI is InChI=1S/C15H18F3N5O/c1-11-5-4-6-12(9-11)13(20-19-10-24)14(2,3)22-7-8-23(21-22)15(16,17)18/h4-10,21H,1-3H3,(H,19,24). The van der Waals surface area contributed by atoms with Crippen LogP contribution in [0.3, 0.4) is 0 Å². The van der Waals surface area contributed by atoms with Crippen LogP contribution >= 0.6 is 0 Å². The molecule has 0 spiro atoms. The summed E-state index contributed by atoms with van der Waals surface area (Å²) in [6.45, 7) is 5.27. The Kier molecular flexibility index (Phi) is 4.83. The molecule has 1 aromatic rings. The summed E-state index contributed by atoms with van der Waals surface area (Å²) in [5.74, 6) is 0. The lowest BCUT2D eigenvalue weighted by atomic mass is 9.91. The molecule has 24 heavy (non-hydrogen) atoms. The van der Waals surface area contributed by atoms with E-state index in [0.717, 1.165) is 11.8 Å². The van der Waals surface area contributed by atoms with Crippen molar-refractivity contribution in [1.29, 1.82) is 0 Å². The molecule has 0 bridgehead atoms. The number of amides is 1. The zero-order chi connectivity index (χ0) is 18.0. The first-order valence-electron chi connectivity index (χ1n) is 7.10. The molecule has 2 rings (SSSR count). The molecule has 0 atom stereocenters. The van der Waals surface area contributed by atoms with Crippen LogP contribution in [0.15, 0.2) is 41.8 Å². The van der Waals surface area contributed by atoms with E-state index in [-0.39, 0.29) is 5.01 Å². The van der Waals surface area contributed by atoms with E-state index in [1.165, 1.54) is 11.2 Å². The minimum atomic E-state index is -4.55. The number of aryl methyl sites for hydroxylation is 1. The molecule has 1 aliphatic rings. The fraction of sp³-hybridized carbons (Fsp3) is 0.333. The molecule has 0 unspecified atom stereocenters. The van der Waals surface area contributed by atoms with Crippen molar-refractivity contribution in [1.82, 2.24) is 21.0 Å². The lowest BCUT2D eigenvalue weighted by Gasteiger charge is -2.37. The lowest BCUT2D eigenvalue weighted by Crippen LogP contribution is -2.57. The van der Waals surface area contributed by atoms with Gasteiger partial charge in [-0.2, -0.15) is 5.10 Å². The SMILES string of the molecule is Cc1cccc(C(=NNC=O)C(C)(C)N2C=CN(C(F)(F)F)N2)c1.